The number of pyridine rings is 1. The predicted octanol–water partition coefficient (Wildman–Crippen LogP) is 2.90. The predicted molar refractivity (Wildman–Crippen MR) is 88.0 cm³/mol. The van der Waals surface area contributed by atoms with Gasteiger partial charge in [0.15, 0.2) is 6.04 Å². The molecule has 1 aliphatic rings. The van der Waals surface area contributed by atoms with Crippen LogP contribution >= 0.6 is 0 Å². The highest BCUT2D eigenvalue weighted by molar-refractivity contribution is 6.18. The minimum atomic E-state index is -0.878. The van der Waals surface area contributed by atoms with Crippen molar-refractivity contribution in [2.24, 2.45) is 15.3 Å². The first kappa shape index (κ1) is 15.7. The first-order chi connectivity index (χ1) is 11.6. The molecule has 2 amide bonds. The van der Waals surface area contributed by atoms with E-state index in [9.17, 15) is 9.59 Å². The molecule has 120 valence electrons. The number of nitrogens with zero attached hydrogens (tertiary/aromatic N) is 5. The van der Waals surface area contributed by atoms with Crippen molar-refractivity contribution in [1.82, 2.24) is 9.99 Å². The van der Waals surface area contributed by atoms with E-state index < -0.39 is 17.9 Å². The molecule has 0 radical (unpaired) electrons. The van der Waals surface area contributed by atoms with Gasteiger partial charge in [0.1, 0.15) is 0 Å². The van der Waals surface area contributed by atoms with Crippen LogP contribution in [-0.4, -0.2) is 33.6 Å². The summed E-state index contributed by atoms with van der Waals surface area (Å²) in [7, 11) is 0. The van der Waals surface area contributed by atoms with Crippen molar-refractivity contribution < 1.29 is 9.59 Å². The summed E-state index contributed by atoms with van der Waals surface area (Å²) in [5.41, 5.74) is 2.52. The smallest absolute Gasteiger partial charge is 0.269 e. The summed E-state index contributed by atoms with van der Waals surface area (Å²) >= 11 is 0. The fraction of sp³-hybridized carbons (Fsp3) is 0.176. The van der Waals surface area contributed by atoms with Crippen LogP contribution in [0.3, 0.4) is 0 Å². The third kappa shape index (κ3) is 3.10. The van der Waals surface area contributed by atoms with Gasteiger partial charge in [-0.05, 0) is 38.1 Å². The van der Waals surface area contributed by atoms with Gasteiger partial charge in [-0.25, -0.2) is 0 Å². The van der Waals surface area contributed by atoms with Crippen molar-refractivity contribution in [3.63, 3.8) is 0 Å². The van der Waals surface area contributed by atoms with Crippen LogP contribution in [0.2, 0.25) is 0 Å². The van der Waals surface area contributed by atoms with Crippen LogP contribution in [0.1, 0.15) is 22.8 Å². The van der Waals surface area contributed by atoms with Gasteiger partial charge in [-0.15, -0.1) is 0 Å². The maximum atomic E-state index is 12.4. The number of benzene rings is 1. The molecule has 0 saturated carbocycles. The van der Waals surface area contributed by atoms with E-state index in [0.717, 1.165) is 10.6 Å². The first-order valence-corrected chi connectivity index (χ1v) is 7.37. The first-order valence-electron chi connectivity index (χ1n) is 7.37. The lowest BCUT2D eigenvalue weighted by molar-refractivity contribution is -0.127. The van der Waals surface area contributed by atoms with E-state index in [-0.39, 0.29) is 0 Å². The second kappa shape index (κ2) is 6.49. The number of imide groups is 1. The van der Waals surface area contributed by atoms with Crippen LogP contribution in [0.5, 0.6) is 0 Å². The van der Waals surface area contributed by atoms with Gasteiger partial charge in [0.25, 0.3) is 11.8 Å². The fourth-order valence-corrected chi connectivity index (χ4v) is 2.19. The van der Waals surface area contributed by atoms with E-state index in [0.29, 0.717) is 17.0 Å². The Balaban J connectivity index is 1.78. The van der Waals surface area contributed by atoms with Crippen LogP contribution < -0.4 is 0 Å². The van der Waals surface area contributed by atoms with Gasteiger partial charge in [0.2, 0.25) is 0 Å². The highest BCUT2D eigenvalue weighted by Gasteiger charge is 2.38. The summed E-state index contributed by atoms with van der Waals surface area (Å²) in [4.78, 5) is 28.6. The summed E-state index contributed by atoms with van der Waals surface area (Å²) < 4.78 is 0. The zero-order valence-corrected chi connectivity index (χ0v) is 13.2. The molecule has 7 nitrogen and oxygen atoms in total. The molecule has 0 fully saturated rings. The van der Waals surface area contributed by atoms with E-state index in [1.807, 2.05) is 31.2 Å². The highest BCUT2D eigenvalue weighted by atomic mass is 16.2. The van der Waals surface area contributed by atoms with E-state index >= 15 is 0 Å². The van der Waals surface area contributed by atoms with Crippen LogP contribution in [0.15, 0.2) is 64.1 Å². The summed E-state index contributed by atoms with van der Waals surface area (Å²) in [5, 5.41) is 13.0. The standard InChI is InChI=1S/C17H15N5O2/c1-11-3-5-14(6-4-11)19-20-15-12(2)21-22(17(15)24)16(23)13-7-9-18-10-8-13/h3-10,15H,1-2H3/t15-/m0/s1. The molecular formula is C17H15N5O2. The van der Waals surface area contributed by atoms with Crippen LogP contribution in [-0.2, 0) is 4.79 Å². The van der Waals surface area contributed by atoms with E-state index in [2.05, 4.69) is 20.3 Å². The Hall–Kier alpha value is -3.22. The van der Waals surface area contributed by atoms with Crippen molar-refractivity contribution in [3.05, 3.63) is 59.9 Å². The molecule has 1 aromatic carbocycles. The van der Waals surface area contributed by atoms with Crippen molar-refractivity contribution in [2.45, 2.75) is 19.9 Å². The van der Waals surface area contributed by atoms with Gasteiger partial charge < -0.3 is 0 Å². The zero-order chi connectivity index (χ0) is 17.1. The number of amides is 2. The molecule has 0 N–H and O–H groups in total. The maximum Gasteiger partial charge on any atom is 0.282 e. The number of carbonyl (C=O) groups is 2. The van der Waals surface area contributed by atoms with Gasteiger partial charge >= 0.3 is 0 Å². The number of aryl methyl sites for hydroxylation is 1. The van der Waals surface area contributed by atoms with Crippen molar-refractivity contribution in [3.8, 4) is 0 Å². The van der Waals surface area contributed by atoms with Crippen LogP contribution in [0.25, 0.3) is 0 Å². The molecule has 0 spiro atoms. The number of azo groups is 1. The SMILES string of the molecule is CC1=NN(C(=O)c2ccncc2)C(=O)[C@H]1N=Nc1ccc(C)cc1. The number of rotatable bonds is 3. The molecular weight excluding hydrogens is 306 g/mol. The van der Waals surface area contributed by atoms with Gasteiger partial charge in [-0.2, -0.15) is 20.3 Å². The summed E-state index contributed by atoms with van der Waals surface area (Å²) in [5.74, 6) is -1.01. The number of hydrazone groups is 1. The number of hydrogen-bond donors (Lipinski definition) is 0. The Morgan fingerprint density at radius 2 is 1.75 bits per heavy atom. The molecule has 1 atom stereocenters. The normalized spacial score (nSPS) is 17.4. The molecule has 24 heavy (non-hydrogen) atoms. The van der Waals surface area contributed by atoms with Gasteiger partial charge in [0.05, 0.1) is 11.4 Å². The van der Waals surface area contributed by atoms with Gasteiger partial charge in [0, 0.05) is 18.0 Å². The lowest BCUT2D eigenvalue weighted by Crippen LogP contribution is -2.34. The minimum Gasteiger partial charge on any atom is -0.269 e. The number of aromatic nitrogens is 1. The average Bonchev–Trinajstić information content (AvgIpc) is 2.89. The summed E-state index contributed by atoms with van der Waals surface area (Å²) in [6, 6.07) is 9.62. The van der Waals surface area contributed by atoms with Gasteiger partial charge in [-0.1, -0.05) is 17.7 Å². The lowest BCUT2D eigenvalue weighted by Gasteiger charge is -2.10. The van der Waals surface area contributed by atoms with Gasteiger partial charge in [-0.3, -0.25) is 14.6 Å². The maximum absolute atomic E-state index is 12.4. The summed E-state index contributed by atoms with van der Waals surface area (Å²) in [6.07, 6.45) is 2.97. The minimum absolute atomic E-state index is 0.339. The molecule has 2 heterocycles. The molecule has 7 heteroatoms. The molecule has 0 bridgehead atoms. The monoisotopic (exact) mass is 321 g/mol. The summed E-state index contributed by atoms with van der Waals surface area (Å²) in [6.45, 7) is 3.62. The second-order valence-corrected chi connectivity index (χ2v) is 5.39. The molecule has 1 aromatic heterocycles. The Labute approximate surface area is 138 Å². The Bertz CT molecular complexity index is 828. The lowest BCUT2D eigenvalue weighted by atomic mass is 10.2. The van der Waals surface area contributed by atoms with Crippen LogP contribution in [0, 0.1) is 6.92 Å². The topological polar surface area (TPSA) is 87.4 Å². The van der Waals surface area contributed by atoms with E-state index in [1.54, 1.807) is 6.92 Å². The quantitative estimate of drug-likeness (QED) is 0.643. The molecule has 0 unspecified atom stereocenters. The molecule has 3 rings (SSSR count). The zero-order valence-electron chi connectivity index (χ0n) is 13.2. The van der Waals surface area contributed by atoms with Crippen molar-refractivity contribution >= 4 is 23.2 Å². The second-order valence-electron chi connectivity index (χ2n) is 5.39. The molecule has 2 aromatic rings. The van der Waals surface area contributed by atoms with Crippen molar-refractivity contribution in [1.29, 1.82) is 0 Å². The third-order valence-electron chi connectivity index (χ3n) is 3.54. The molecule has 0 aliphatic carbocycles. The molecule has 1 aliphatic heterocycles. The Kier molecular flexibility index (Phi) is 4.24. The van der Waals surface area contributed by atoms with Crippen molar-refractivity contribution in [2.75, 3.05) is 0 Å². The van der Waals surface area contributed by atoms with E-state index in [1.165, 1.54) is 24.5 Å². The number of hydrogen-bond acceptors (Lipinski definition) is 6. The van der Waals surface area contributed by atoms with Crippen LogP contribution in [0.4, 0.5) is 5.69 Å². The Morgan fingerprint density at radius 3 is 2.42 bits per heavy atom. The van der Waals surface area contributed by atoms with E-state index in [4.69, 9.17) is 0 Å². The number of carbonyl (C=O) groups excluding carboxylic acids is 2. The third-order valence-corrected chi connectivity index (χ3v) is 3.54. The average molecular weight is 321 g/mol. The Morgan fingerprint density at radius 1 is 1.08 bits per heavy atom. The largest absolute Gasteiger partial charge is 0.282 e. The fourth-order valence-electron chi connectivity index (χ4n) is 2.19. The highest BCUT2D eigenvalue weighted by Crippen LogP contribution is 2.19. The molecule has 0 saturated heterocycles.